The van der Waals surface area contributed by atoms with Gasteiger partial charge in [-0.15, -0.1) is 0 Å². The van der Waals surface area contributed by atoms with Gasteiger partial charge in [-0.1, -0.05) is 44.2 Å². The molecule has 1 saturated heterocycles. The zero-order valence-electron chi connectivity index (χ0n) is 11.2. The quantitative estimate of drug-likeness (QED) is 0.880. The van der Waals surface area contributed by atoms with Crippen LogP contribution in [0.4, 0.5) is 0 Å². The molecule has 1 aromatic carbocycles. The Labute approximate surface area is 109 Å². The van der Waals surface area contributed by atoms with Crippen molar-refractivity contribution in [2.45, 2.75) is 19.9 Å². The molecular formula is C15H22N2O. The molecule has 98 valence electrons. The summed E-state index contributed by atoms with van der Waals surface area (Å²) in [6.45, 7) is 7.79. The molecule has 0 aromatic heterocycles. The molecule has 0 bridgehead atoms. The highest BCUT2D eigenvalue weighted by Gasteiger charge is 2.29. The number of Topliss-reactive ketones (excluding diaryl/α,β-unsaturated/α-hetero) is 1. The molecule has 0 aliphatic carbocycles. The Morgan fingerprint density at radius 1 is 1.17 bits per heavy atom. The number of ketones is 1. The second-order valence-corrected chi connectivity index (χ2v) is 5.16. The molecule has 1 N–H and O–H groups in total. The number of hydrogen-bond acceptors (Lipinski definition) is 3. The van der Waals surface area contributed by atoms with Crippen LogP contribution in [0.2, 0.25) is 0 Å². The molecule has 1 atom stereocenters. The molecule has 2 rings (SSSR count). The standard InChI is InChI=1S/C15H22N2O/c1-12(2)15(18)14(13-6-4-3-5-7-13)17-10-8-16-9-11-17/h3-7,12,14,16H,8-11H2,1-2H3. The minimum Gasteiger partial charge on any atom is -0.314 e. The predicted molar refractivity (Wildman–Crippen MR) is 73.5 cm³/mol. The van der Waals surface area contributed by atoms with Crippen LogP contribution in [-0.4, -0.2) is 36.9 Å². The summed E-state index contributed by atoms with van der Waals surface area (Å²) >= 11 is 0. The lowest BCUT2D eigenvalue weighted by molar-refractivity contribution is -0.127. The van der Waals surface area contributed by atoms with Gasteiger partial charge in [-0.2, -0.15) is 0 Å². The highest BCUT2D eigenvalue weighted by Crippen LogP contribution is 2.25. The highest BCUT2D eigenvalue weighted by atomic mass is 16.1. The average Bonchev–Trinajstić information content (AvgIpc) is 2.41. The van der Waals surface area contributed by atoms with Gasteiger partial charge in [0.05, 0.1) is 6.04 Å². The van der Waals surface area contributed by atoms with Gasteiger partial charge in [-0.3, -0.25) is 9.69 Å². The van der Waals surface area contributed by atoms with Gasteiger partial charge in [0, 0.05) is 32.1 Å². The number of rotatable bonds is 4. The zero-order valence-corrected chi connectivity index (χ0v) is 11.2. The topological polar surface area (TPSA) is 32.3 Å². The van der Waals surface area contributed by atoms with E-state index in [1.165, 1.54) is 0 Å². The van der Waals surface area contributed by atoms with Gasteiger partial charge in [0.1, 0.15) is 0 Å². The minimum atomic E-state index is -0.0756. The molecule has 18 heavy (non-hydrogen) atoms. The Balaban J connectivity index is 2.25. The molecule has 1 unspecified atom stereocenters. The lowest BCUT2D eigenvalue weighted by Gasteiger charge is -2.35. The lowest BCUT2D eigenvalue weighted by atomic mass is 9.93. The van der Waals surface area contributed by atoms with Crippen LogP contribution < -0.4 is 5.32 Å². The van der Waals surface area contributed by atoms with Crippen molar-refractivity contribution < 1.29 is 4.79 Å². The molecule has 0 amide bonds. The normalized spacial score (nSPS) is 18.8. The zero-order chi connectivity index (χ0) is 13.0. The van der Waals surface area contributed by atoms with Gasteiger partial charge in [-0.05, 0) is 5.56 Å². The van der Waals surface area contributed by atoms with Crippen molar-refractivity contribution in [1.82, 2.24) is 10.2 Å². The van der Waals surface area contributed by atoms with Gasteiger partial charge in [0.15, 0.2) is 5.78 Å². The molecule has 3 nitrogen and oxygen atoms in total. The van der Waals surface area contributed by atoms with Crippen LogP contribution in [0, 0.1) is 5.92 Å². The smallest absolute Gasteiger partial charge is 0.157 e. The Morgan fingerprint density at radius 2 is 1.78 bits per heavy atom. The second-order valence-electron chi connectivity index (χ2n) is 5.16. The van der Waals surface area contributed by atoms with Crippen LogP contribution in [0.1, 0.15) is 25.5 Å². The first-order chi connectivity index (χ1) is 8.70. The van der Waals surface area contributed by atoms with E-state index >= 15 is 0 Å². The van der Waals surface area contributed by atoms with Gasteiger partial charge < -0.3 is 5.32 Å². The van der Waals surface area contributed by atoms with Gasteiger partial charge >= 0.3 is 0 Å². The van der Waals surface area contributed by atoms with Crippen LogP contribution in [-0.2, 0) is 4.79 Å². The molecular weight excluding hydrogens is 224 g/mol. The summed E-state index contributed by atoms with van der Waals surface area (Å²) in [5.41, 5.74) is 1.12. The van der Waals surface area contributed by atoms with Crippen molar-refractivity contribution in [3.8, 4) is 0 Å². The molecule has 0 spiro atoms. The first-order valence-electron chi connectivity index (χ1n) is 6.73. The molecule has 0 radical (unpaired) electrons. The number of piperazine rings is 1. The molecule has 1 aliphatic heterocycles. The van der Waals surface area contributed by atoms with E-state index in [1.54, 1.807) is 0 Å². The molecule has 1 aromatic rings. The summed E-state index contributed by atoms with van der Waals surface area (Å²) in [6, 6.07) is 10.1. The lowest BCUT2D eigenvalue weighted by Crippen LogP contribution is -2.47. The van der Waals surface area contributed by atoms with Crippen molar-refractivity contribution in [2.75, 3.05) is 26.2 Å². The SMILES string of the molecule is CC(C)C(=O)C(c1ccccc1)N1CCNCC1. The fourth-order valence-corrected chi connectivity index (χ4v) is 2.45. The van der Waals surface area contributed by atoms with Crippen LogP contribution in [0.3, 0.4) is 0 Å². The number of nitrogens with one attached hydrogen (secondary N) is 1. The average molecular weight is 246 g/mol. The van der Waals surface area contributed by atoms with Gasteiger partial charge in [0.2, 0.25) is 0 Å². The first kappa shape index (κ1) is 13.2. The van der Waals surface area contributed by atoms with E-state index in [-0.39, 0.29) is 12.0 Å². The first-order valence-corrected chi connectivity index (χ1v) is 6.73. The van der Waals surface area contributed by atoms with Crippen LogP contribution >= 0.6 is 0 Å². The largest absolute Gasteiger partial charge is 0.314 e. The van der Waals surface area contributed by atoms with E-state index in [4.69, 9.17) is 0 Å². The van der Waals surface area contributed by atoms with Crippen LogP contribution in [0.15, 0.2) is 30.3 Å². The molecule has 0 saturated carbocycles. The number of benzene rings is 1. The number of carbonyl (C=O) groups excluding carboxylic acids is 1. The minimum absolute atomic E-state index is 0.0742. The third-order valence-electron chi connectivity index (χ3n) is 3.47. The second kappa shape index (κ2) is 6.12. The maximum Gasteiger partial charge on any atom is 0.157 e. The van der Waals surface area contributed by atoms with Crippen LogP contribution in [0.5, 0.6) is 0 Å². The predicted octanol–water partition coefficient (Wildman–Crippen LogP) is 1.86. The van der Waals surface area contributed by atoms with E-state index in [9.17, 15) is 4.79 Å². The van der Waals surface area contributed by atoms with E-state index < -0.39 is 0 Å². The maximum absolute atomic E-state index is 12.5. The van der Waals surface area contributed by atoms with E-state index in [0.29, 0.717) is 5.78 Å². The Hall–Kier alpha value is -1.19. The number of hydrogen-bond donors (Lipinski definition) is 1. The summed E-state index contributed by atoms with van der Waals surface area (Å²) in [7, 11) is 0. The van der Waals surface area contributed by atoms with Crippen molar-refractivity contribution in [2.24, 2.45) is 5.92 Å². The van der Waals surface area contributed by atoms with E-state index in [0.717, 1.165) is 31.7 Å². The maximum atomic E-state index is 12.5. The summed E-state index contributed by atoms with van der Waals surface area (Å²) in [5, 5.41) is 3.34. The van der Waals surface area contributed by atoms with E-state index in [2.05, 4.69) is 22.3 Å². The van der Waals surface area contributed by atoms with Crippen molar-refractivity contribution in [1.29, 1.82) is 0 Å². The van der Waals surface area contributed by atoms with E-state index in [1.807, 2.05) is 32.0 Å². The Kier molecular flexibility index (Phi) is 4.50. The van der Waals surface area contributed by atoms with Gasteiger partial charge in [-0.25, -0.2) is 0 Å². The number of carbonyl (C=O) groups is 1. The molecule has 1 aliphatic rings. The molecule has 1 fully saturated rings. The van der Waals surface area contributed by atoms with Crippen LogP contribution in [0.25, 0.3) is 0 Å². The summed E-state index contributed by atoms with van der Waals surface area (Å²) < 4.78 is 0. The van der Waals surface area contributed by atoms with Gasteiger partial charge in [0.25, 0.3) is 0 Å². The number of nitrogens with zero attached hydrogens (tertiary/aromatic N) is 1. The third kappa shape index (κ3) is 2.98. The Morgan fingerprint density at radius 3 is 2.33 bits per heavy atom. The molecule has 1 heterocycles. The van der Waals surface area contributed by atoms with Crippen molar-refractivity contribution in [3.05, 3.63) is 35.9 Å². The fraction of sp³-hybridized carbons (Fsp3) is 0.533. The summed E-state index contributed by atoms with van der Waals surface area (Å²) in [5.74, 6) is 0.396. The van der Waals surface area contributed by atoms with Crippen molar-refractivity contribution in [3.63, 3.8) is 0 Å². The highest BCUT2D eigenvalue weighted by molar-refractivity contribution is 5.86. The fourth-order valence-electron chi connectivity index (χ4n) is 2.45. The third-order valence-corrected chi connectivity index (χ3v) is 3.47. The van der Waals surface area contributed by atoms with Crippen molar-refractivity contribution >= 4 is 5.78 Å². The monoisotopic (exact) mass is 246 g/mol. The summed E-state index contributed by atoms with van der Waals surface area (Å²) in [6.07, 6.45) is 0. The summed E-state index contributed by atoms with van der Waals surface area (Å²) in [4.78, 5) is 14.8. The molecule has 3 heteroatoms. The Bertz CT molecular complexity index is 383.